The average Bonchev–Trinajstić information content (AvgIpc) is 3.37. The second kappa shape index (κ2) is 9.04. The van der Waals surface area contributed by atoms with E-state index in [9.17, 15) is 4.39 Å². The Labute approximate surface area is 177 Å². The molecule has 5 nitrogen and oxygen atoms in total. The van der Waals surface area contributed by atoms with E-state index in [4.69, 9.17) is 9.47 Å². The zero-order valence-corrected chi connectivity index (χ0v) is 17.7. The number of nitrogens with one attached hydrogen (secondary N) is 2. The summed E-state index contributed by atoms with van der Waals surface area (Å²) in [5.74, 6) is 1.45. The molecule has 1 saturated heterocycles. The first-order chi connectivity index (χ1) is 14.6. The summed E-state index contributed by atoms with van der Waals surface area (Å²) in [5, 5.41) is 6.81. The predicted molar refractivity (Wildman–Crippen MR) is 117 cm³/mol. The van der Waals surface area contributed by atoms with Crippen LogP contribution in [0.5, 0.6) is 5.75 Å². The van der Waals surface area contributed by atoms with Gasteiger partial charge >= 0.3 is 0 Å². The SMILES string of the molecule is CN=C(NCc1ccc(C)cc1OC1CCOC1)NCC1(c2cccc(F)c2)CC1. The minimum absolute atomic E-state index is 0.000321. The molecule has 2 N–H and O–H groups in total. The molecule has 30 heavy (non-hydrogen) atoms. The molecule has 2 fully saturated rings. The van der Waals surface area contributed by atoms with Crippen LogP contribution < -0.4 is 15.4 Å². The number of guanidine groups is 1. The third kappa shape index (κ3) is 4.93. The van der Waals surface area contributed by atoms with Crippen LogP contribution in [0.2, 0.25) is 0 Å². The van der Waals surface area contributed by atoms with Crippen molar-refractivity contribution in [2.75, 3.05) is 26.8 Å². The maximum Gasteiger partial charge on any atom is 0.191 e. The summed E-state index contributed by atoms with van der Waals surface area (Å²) < 4.78 is 25.3. The number of nitrogens with zero attached hydrogens (tertiary/aromatic N) is 1. The van der Waals surface area contributed by atoms with Crippen LogP contribution in [-0.4, -0.2) is 38.9 Å². The van der Waals surface area contributed by atoms with Gasteiger partial charge in [-0.25, -0.2) is 4.39 Å². The quantitative estimate of drug-likeness (QED) is 0.539. The first-order valence-corrected chi connectivity index (χ1v) is 10.6. The molecule has 2 aromatic rings. The number of hydrogen-bond donors (Lipinski definition) is 2. The summed E-state index contributed by atoms with van der Waals surface area (Å²) in [6, 6.07) is 13.2. The number of benzene rings is 2. The summed E-state index contributed by atoms with van der Waals surface area (Å²) in [6.07, 6.45) is 3.15. The minimum Gasteiger partial charge on any atom is -0.488 e. The number of hydrogen-bond acceptors (Lipinski definition) is 3. The van der Waals surface area contributed by atoms with E-state index in [2.05, 4.69) is 40.7 Å². The molecule has 1 atom stereocenters. The Bertz CT molecular complexity index is 905. The van der Waals surface area contributed by atoms with Crippen molar-refractivity contribution in [3.63, 3.8) is 0 Å². The van der Waals surface area contributed by atoms with E-state index in [1.807, 2.05) is 6.07 Å². The number of halogens is 1. The first-order valence-electron chi connectivity index (χ1n) is 10.6. The van der Waals surface area contributed by atoms with E-state index in [1.54, 1.807) is 19.2 Å². The number of aryl methyl sites for hydroxylation is 1. The summed E-state index contributed by atoms with van der Waals surface area (Å²) in [5.41, 5.74) is 3.31. The second-order valence-electron chi connectivity index (χ2n) is 8.28. The standard InChI is InChI=1S/C24H30FN3O2/c1-17-6-7-18(22(12-17)30-21-8-11-29-15-21)14-27-23(26-2)28-16-24(9-10-24)19-4-3-5-20(25)13-19/h3-7,12-13,21H,8-11,14-16H2,1-2H3,(H2,26,27,28). The summed E-state index contributed by atoms with van der Waals surface area (Å²) in [4.78, 5) is 4.36. The largest absolute Gasteiger partial charge is 0.488 e. The fourth-order valence-corrected chi connectivity index (χ4v) is 3.89. The lowest BCUT2D eigenvalue weighted by atomic mass is 9.96. The predicted octanol–water partition coefficient (Wildman–Crippen LogP) is 3.70. The van der Waals surface area contributed by atoms with E-state index in [-0.39, 0.29) is 17.3 Å². The van der Waals surface area contributed by atoms with Gasteiger partial charge in [-0.1, -0.05) is 24.3 Å². The van der Waals surface area contributed by atoms with Gasteiger partial charge in [-0.3, -0.25) is 4.99 Å². The van der Waals surface area contributed by atoms with Crippen molar-refractivity contribution in [3.05, 3.63) is 65.0 Å². The van der Waals surface area contributed by atoms with Crippen molar-refractivity contribution in [3.8, 4) is 5.75 Å². The van der Waals surface area contributed by atoms with Crippen molar-refractivity contribution < 1.29 is 13.9 Å². The number of rotatable bonds is 7. The molecule has 1 saturated carbocycles. The van der Waals surface area contributed by atoms with E-state index in [1.165, 1.54) is 11.6 Å². The van der Waals surface area contributed by atoms with Gasteiger partial charge in [0.15, 0.2) is 5.96 Å². The summed E-state index contributed by atoms with van der Waals surface area (Å²) >= 11 is 0. The monoisotopic (exact) mass is 411 g/mol. The van der Waals surface area contributed by atoms with Crippen LogP contribution in [0.15, 0.2) is 47.5 Å². The fraction of sp³-hybridized carbons (Fsp3) is 0.458. The Morgan fingerprint density at radius 2 is 2.10 bits per heavy atom. The summed E-state index contributed by atoms with van der Waals surface area (Å²) in [7, 11) is 1.76. The summed E-state index contributed by atoms with van der Waals surface area (Å²) in [6.45, 7) is 4.81. The highest BCUT2D eigenvalue weighted by Gasteiger charge is 2.44. The molecule has 1 aliphatic heterocycles. The molecule has 160 valence electrons. The van der Waals surface area contributed by atoms with Crippen LogP contribution in [0.1, 0.15) is 36.0 Å². The first kappa shape index (κ1) is 20.7. The zero-order chi connectivity index (χ0) is 21.0. The van der Waals surface area contributed by atoms with Gasteiger partial charge in [0.25, 0.3) is 0 Å². The lowest BCUT2D eigenvalue weighted by Gasteiger charge is -2.20. The molecule has 0 aromatic heterocycles. The van der Waals surface area contributed by atoms with Crippen molar-refractivity contribution in [1.29, 1.82) is 0 Å². The molecule has 1 aliphatic carbocycles. The average molecular weight is 412 g/mol. The van der Waals surface area contributed by atoms with E-state index in [0.29, 0.717) is 13.2 Å². The van der Waals surface area contributed by atoms with Crippen molar-refractivity contribution in [2.24, 2.45) is 4.99 Å². The molecule has 6 heteroatoms. The van der Waals surface area contributed by atoms with Crippen LogP contribution in [0.25, 0.3) is 0 Å². The maximum absolute atomic E-state index is 13.6. The number of aliphatic imine (C=N–C) groups is 1. The molecule has 1 unspecified atom stereocenters. The Morgan fingerprint density at radius 1 is 1.23 bits per heavy atom. The van der Waals surface area contributed by atoms with E-state index in [0.717, 1.165) is 55.3 Å². The van der Waals surface area contributed by atoms with Crippen LogP contribution in [0.3, 0.4) is 0 Å². The third-order valence-corrected chi connectivity index (χ3v) is 5.96. The maximum atomic E-state index is 13.6. The fourth-order valence-electron chi connectivity index (χ4n) is 3.89. The topological polar surface area (TPSA) is 54.9 Å². The van der Waals surface area contributed by atoms with E-state index >= 15 is 0 Å². The van der Waals surface area contributed by atoms with Gasteiger partial charge in [-0.2, -0.15) is 0 Å². The van der Waals surface area contributed by atoms with Gasteiger partial charge in [0.1, 0.15) is 17.7 Å². The highest BCUT2D eigenvalue weighted by atomic mass is 19.1. The normalized spacial score (nSPS) is 20.1. The zero-order valence-electron chi connectivity index (χ0n) is 17.7. The molecule has 4 rings (SSSR count). The van der Waals surface area contributed by atoms with Gasteiger partial charge in [0, 0.05) is 37.5 Å². The van der Waals surface area contributed by atoms with Crippen molar-refractivity contribution in [1.82, 2.24) is 10.6 Å². The number of ether oxygens (including phenoxy) is 2. The highest BCUT2D eigenvalue weighted by Crippen LogP contribution is 2.47. The van der Waals surface area contributed by atoms with Crippen LogP contribution in [-0.2, 0) is 16.7 Å². The van der Waals surface area contributed by atoms with Gasteiger partial charge in [0.05, 0.1) is 13.2 Å². The molecule has 2 aliphatic rings. The lowest BCUT2D eigenvalue weighted by Crippen LogP contribution is -2.41. The highest BCUT2D eigenvalue weighted by molar-refractivity contribution is 5.80. The molecule has 2 aromatic carbocycles. The van der Waals surface area contributed by atoms with Crippen LogP contribution in [0, 0.1) is 12.7 Å². The lowest BCUT2D eigenvalue weighted by molar-refractivity contribution is 0.140. The Hall–Kier alpha value is -2.60. The molecule has 0 spiro atoms. The Balaban J connectivity index is 1.36. The molecular formula is C24H30FN3O2. The van der Waals surface area contributed by atoms with Crippen LogP contribution >= 0.6 is 0 Å². The molecular weight excluding hydrogens is 381 g/mol. The van der Waals surface area contributed by atoms with Crippen LogP contribution in [0.4, 0.5) is 4.39 Å². The molecule has 0 radical (unpaired) electrons. The second-order valence-corrected chi connectivity index (χ2v) is 8.28. The molecule has 1 heterocycles. The van der Waals surface area contributed by atoms with Gasteiger partial charge < -0.3 is 20.1 Å². The molecule has 0 amide bonds. The third-order valence-electron chi connectivity index (χ3n) is 5.96. The van der Waals surface area contributed by atoms with Gasteiger partial charge in [0.2, 0.25) is 0 Å². The van der Waals surface area contributed by atoms with Crippen molar-refractivity contribution >= 4 is 5.96 Å². The van der Waals surface area contributed by atoms with Gasteiger partial charge in [-0.05, 0) is 49.1 Å². The van der Waals surface area contributed by atoms with E-state index < -0.39 is 0 Å². The van der Waals surface area contributed by atoms with Gasteiger partial charge in [-0.15, -0.1) is 0 Å². The van der Waals surface area contributed by atoms with Crippen molar-refractivity contribution in [2.45, 2.75) is 44.2 Å². The molecule has 0 bridgehead atoms. The Morgan fingerprint density at radius 3 is 2.80 bits per heavy atom. The minimum atomic E-state index is -0.180. The smallest absolute Gasteiger partial charge is 0.191 e. The Kier molecular flexibility index (Phi) is 6.23.